The molecule has 0 aromatic carbocycles. The lowest BCUT2D eigenvalue weighted by Crippen LogP contribution is -2.39. The van der Waals surface area contributed by atoms with Crippen molar-refractivity contribution in [2.45, 2.75) is 56.1 Å². The maximum absolute atomic E-state index is 12.5. The second kappa shape index (κ2) is 6.05. The standard InChI is InChI=1S/C13H23Br2NO/c1-4-6-8-16(9-7-5-2)11(17)12(3)10-13(12,14)15/h4-10H2,1-3H3/t12-/m1/s1. The zero-order valence-electron chi connectivity index (χ0n) is 11.1. The highest BCUT2D eigenvalue weighted by atomic mass is 79.9. The molecule has 1 amide bonds. The summed E-state index contributed by atoms with van der Waals surface area (Å²) in [6.45, 7) is 8.19. The second-order valence-electron chi connectivity index (χ2n) is 5.21. The van der Waals surface area contributed by atoms with Crippen LogP contribution in [0, 0.1) is 5.41 Å². The van der Waals surface area contributed by atoms with Gasteiger partial charge in [0.25, 0.3) is 0 Å². The summed E-state index contributed by atoms with van der Waals surface area (Å²) in [6, 6.07) is 0. The van der Waals surface area contributed by atoms with E-state index in [1.54, 1.807) is 0 Å². The Morgan fingerprint density at radius 2 is 1.59 bits per heavy atom. The third-order valence-corrected chi connectivity index (χ3v) is 5.89. The van der Waals surface area contributed by atoms with E-state index in [4.69, 9.17) is 0 Å². The van der Waals surface area contributed by atoms with E-state index in [1.807, 2.05) is 6.92 Å². The largest absolute Gasteiger partial charge is 0.342 e. The first kappa shape index (κ1) is 15.5. The second-order valence-corrected chi connectivity index (χ2v) is 8.98. The molecule has 0 radical (unpaired) electrons. The molecule has 0 unspecified atom stereocenters. The van der Waals surface area contributed by atoms with Crippen molar-refractivity contribution in [1.82, 2.24) is 4.90 Å². The predicted octanol–water partition coefficient (Wildman–Crippen LogP) is 4.31. The highest BCUT2D eigenvalue weighted by Crippen LogP contribution is 2.66. The van der Waals surface area contributed by atoms with Crippen LogP contribution in [0.4, 0.5) is 0 Å². The molecule has 1 aliphatic carbocycles. The summed E-state index contributed by atoms with van der Waals surface area (Å²) in [7, 11) is 0. The monoisotopic (exact) mass is 367 g/mol. The van der Waals surface area contributed by atoms with Crippen molar-refractivity contribution in [2.75, 3.05) is 13.1 Å². The Bertz CT molecular complexity index is 273. The number of rotatable bonds is 7. The molecule has 4 heteroatoms. The number of halogens is 2. The molecule has 1 fully saturated rings. The van der Waals surface area contributed by atoms with Crippen LogP contribution in [0.15, 0.2) is 0 Å². The normalized spacial score (nSPS) is 25.7. The summed E-state index contributed by atoms with van der Waals surface area (Å²) in [4.78, 5) is 14.6. The zero-order chi connectivity index (χ0) is 13.1. The van der Waals surface area contributed by atoms with E-state index in [1.165, 1.54) is 0 Å². The van der Waals surface area contributed by atoms with Crippen molar-refractivity contribution in [3.63, 3.8) is 0 Å². The number of nitrogens with zero attached hydrogens (tertiary/aromatic N) is 1. The molecule has 1 rings (SSSR count). The van der Waals surface area contributed by atoms with Crippen LogP contribution in [0.1, 0.15) is 52.9 Å². The van der Waals surface area contributed by atoms with E-state index in [0.29, 0.717) is 5.91 Å². The topological polar surface area (TPSA) is 20.3 Å². The molecule has 2 nitrogen and oxygen atoms in total. The molecular formula is C13H23Br2NO. The predicted molar refractivity (Wildman–Crippen MR) is 79.7 cm³/mol. The third kappa shape index (κ3) is 3.46. The number of hydrogen-bond donors (Lipinski definition) is 0. The molecule has 100 valence electrons. The van der Waals surface area contributed by atoms with Gasteiger partial charge in [0.2, 0.25) is 5.91 Å². The summed E-state index contributed by atoms with van der Waals surface area (Å²) in [5.74, 6) is 0.299. The molecule has 1 saturated carbocycles. The number of alkyl halides is 2. The number of carbonyl (C=O) groups is 1. The Morgan fingerprint density at radius 1 is 1.18 bits per heavy atom. The Hall–Kier alpha value is 0.430. The van der Waals surface area contributed by atoms with Crippen molar-refractivity contribution in [3.05, 3.63) is 0 Å². The van der Waals surface area contributed by atoms with Crippen molar-refractivity contribution >= 4 is 37.8 Å². The summed E-state index contributed by atoms with van der Waals surface area (Å²) in [6.07, 6.45) is 5.36. The molecule has 0 heterocycles. The van der Waals surface area contributed by atoms with Crippen LogP contribution in [0.3, 0.4) is 0 Å². The maximum atomic E-state index is 12.5. The van der Waals surface area contributed by atoms with Crippen LogP contribution in [0.5, 0.6) is 0 Å². The molecular weight excluding hydrogens is 346 g/mol. The van der Waals surface area contributed by atoms with Gasteiger partial charge in [0.05, 0.1) is 8.65 Å². The van der Waals surface area contributed by atoms with Crippen molar-refractivity contribution < 1.29 is 4.79 Å². The number of hydrogen-bond acceptors (Lipinski definition) is 1. The van der Waals surface area contributed by atoms with Gasteiger partial charge in [-0.15, -0.1) is 0 Å². The van der Waals surface area contributed by atoms with E-state index in [9.17, 15) is 4.79 Å². The zero-order valence-corrected chi connectivity index (χ0v) is 14.2. The number of amides is 1. The van der Waals surface area contributed by atoms with E-state index in [0.717, 1.165) is 45.2 Å². The number of carbonyl (C=O) groups excluding carboxylic acids is 1. The van der Waals surface area contributed by atoms with Gasteiger partial charge >= 0.3 is 0 Å². The molecule has 0 N–H and O–H groups in total. The summed E-state index contributed by atoms with van der Waals surface area (Å²) >= 11 is 7.17. The van der Waals surface area contributed by atoms with Crippen LogP contribution < -0.4 is 0 Å². The number of unbranched alkanes of at least 4 members (excludes halogenated alkanes) is 2. The third-order valence-electron chi connectivity index (χ3n) is 3.58. The lowest BCUT2D eigenvalue weighted by atomic mass is 10.1. The average Bonchev–Trinajstić information content (AvgIpc) is 2.79. The van der Waals surface area contributed by atoms with Crippen LogP contribution in [0.2, 0.25) is 0 Å². The Labute approximate surface area is 122 Å². The van der Waals surface area contributed by atoms with E-state index >= 15 is 0 Å². The molecule has 1 atom stereocenters. The minimum atomic E-state index is -0.255. The first-order chi connectivity index (χ1) is 7.89. The Morgan fingerprint density at radius 3 is 1.88 bits per heavy atom. The van der Waals surface area contributed by atoms with Gasteiger partial charge in [0.15, 0.2) is 0 Å². The molecule has 1 aliphatic rings. The Balaban J connectivity index is 2.60. The molecule has 0 aliphatic heterocycles. The molecule has 0 bridgehead atoms. The minimum Gasteiger partial charge on any atom is -0.342 e. The lowest BCUT2D eigenvalue weighted by molar-refractivity contribution is -0.136. The van der Waals surface area contributed by atoms with Gasteiger partial charge in [-0.1, -0.05) is 58.5 Å². The summed E-state index contributed by atoms with van der Waals surface area (Å²) in [5, 5.41) is 0. The van der Waals surface area contributed by atoms with Gasteiger partial charge in [0, 0.05) is 13.1 Å². The van der Waals surface area contributed by atoms with Gasteiger partial charge in [-0.05, 0) is 26.2 Å². The molecule has 0 aromatic rings. The SMILES string of the molecule is CCCCN(CCCC)C(=O)[C@@]1(C)CC1(Br)Br. The molecule has 0 aromatic heterocycles. The first-order valence-electron chi connectivity index (χ1n) is 6.56. The van der Waals surface area contributed by atoms with Crippen LogP contribution >= 0.6 is 31.9 Å². The highest BCUT2D eigenvalue weighted by Gasteiger charge is 2.67. The van der Waals surface area contributed by atoms with Crippen LogP contribution in [0.25, 0.3) is 0 Å². The fourth-order valence-electron chi connectivity index (χ4n) is 1.99. The van der Waals surface area contributed by atoms with Gasteiger partial charge in [0.1, 0.15) is 0 Å². The van der Waals surface area contributed by atoms with Crippen LogP contribution in [-0.2, 0) is 4.79 Å². The smallest absolute Gasteiger partial charge is 0.230 e. The first-order valence-corrected chi connectivity index (χ1v) is 8.15. The van der Waals surface area contributed by atoms with Crippen molar-refractivity contribution in [3.8, 4) is 0 Å². The summed E-state index contributed by atoms with van der Waals surface area (Å²) in [5.41, 5.74) is -0.255. The van der Waals surface area contributed by atoms with Gasteiger partial charge in [-0.25, -0.2) is 0 Å². The molecule has 17 heavy (non-hydrogen) atoms. The molecule has 0 saturated heterocycles. The molecule has 0 spiro atoms. The quantitative estimate of drug-likeness (QED) is 0.613. The average molecular weight is 369 g/mol. The highest BCUT2D eigenvalue weighted by molar-refractivity contribution is 9.25. The maximum Gasteiger partial charge on any atom is 0.230 e. The van der Waals surface area contributed by atoms with E-state index in [-0.39, 0.29) is 8.65 Å². The van der Waals surface area contributed by atoms with Gasteiger partial charge < -0.3 is 4.90 Å². The summed E-state index contributed by atoms with van der Waals surface area (Å²) < 4.78 is -0.166. The van der Waals surface area contributed by atoms with Crippen LogP contribution in [-0.4, -0.2) is 27.1 Å². The van der Waals surface area contributed by atoms with Crippen molar-refractivity contribution in [1.29, 1.82) is 0 Å². The Kier molecular flexibility index (Phi) is 5.51. The van der Waals surface area contributed by atoms with Gasteiger partial charge in [-0.2, -0.15) is 0 Å². The van der Waals surface area contributed by atoms with E-state index < -0.39 is 0 Å². The minimum absolute atomic E-state index is 0.166. The van der Waals surface area contributed by atoms with Gasteiger partial charge in [-0.3, -0.25) is 4.79 Å². The van der Waals surface area contributed by atoms with E-state index in [2.05, 4.69) is 50.6 Å². The fraction of sp³-hybridized carbons (Fsp3) is 0.923. The lowest BCUT2D eigenvalue weighted by Gasteiger charge is -2.26. The fourth-order valence-corrected chi connectivity index (χ4v) is 3.45. The van der Waals surface area contributed by atoms with Crippen molar-refractivity contribution in [2.24, 2.45) is 5.41 Å².